The highest BCUT2D eigenvalue weighted by Crippen LogP contribution is 2.41. The van der Waals surface area contributed by atoms with Gasteiger partial charge < -0.3 is 9.47 Å². The average molecular weight is 658 g/mol. The van der Waals surface area contributed by atoms with Crippen LogP contribution in [0.2, 0.25) is 0 Å². The second-order valence-corrected chi connectivity index (χ2v) is 13.1. The highest BCUT2D eigenvalue weighted by Gasteiger charge is 2.23. The number of rotatable bonds is 4. The van der Waals surface area contributed by atoms with Gasteiger partial charge in [0.2, 0.25) is 5.96 Å². The van der Waals surface area contributed by atoms with Gasteiger partial charge in [0.05, 0.1) is 22.1 Å². The van der Waals surface area contributed by atoms with E-state index in [1.807, 2.05) is 60.0 Å². The van der Waals surface area contributed by atoms with Crippen molar-refractivity contribution in [1.82, 2.24) is 14.0 Å². The van der Waals surface area contributed by atoms with Crippen LogP contribution >= 0.6 is 0 Å². The second kappa shape index (κ2) is 12.3. The summed E-state index contributed by atoms with van der Waals surface area (Å²) in [6.45, 7) is 0. The van der Waals surface area contributed by atoms with Gasteiger partial charge in [0.1, 0.15) is 5.84 Å². The molecule has 9 rings (SSSR count). The topological polar surface area (TPSA) is 49.3 Å². The Morgan fingerprint density at radius 2 is 0.980 bits per heavy atom. The van der Waals surface area contributed by atoms with Crippen LogP contribution in [0.25, 0.3) is 71.6 Å². The molecule has 0 spiro atoms. The molecule has 51 heavy (non-hydrogen) atoms. The molecular weight excluding hydrogens is 623 g/mol. The molecule has 2 aromatic heterocycles. The van der Waals surface area contributed by atoms with Crippen LogP contribution in [0.5, 0.6) is 0 Å². The molecule has 0 bridgehead atoms. The smallest absolute Gasteiger partial charge is 0.229 e. The Hall–Kier alpha value is -6.72. The van der Waals surface area contributed by atoms with Crippen molar-refractivity contribution in [3.05, 3.63) is 175 Å². The van der Waals surface area contributed by atoms with E-state index in [0.717, 1.165) is 83.0 Å². The molecule has 5 nitrogen and oxygen atoms in total. The van der Waals surface area contributed by atoms with Crippen LogP contribution in [0.4, 0.5) is 0 Å². The van der Waals surface area contributed by atoms with Crippen molar-refractivity contribution in [2.24, 2.45) is 4.99 Å². The lowest BCUT2D eigenvalue weighted by molar-refractivity contribution is 0.624. The summed E-state index contributed by atoms with van der Waals surface area (Å²) in [7, 11) is 3.95. The molecule has 0 radical (unpaired) electrons. The molecule has 244 valence electrons. The molecule has 0 fully saturated rings. The van der Waals surface area contributed by atoms with E-state index in [0.29, 0.717) is 0 Å². The lowest BCUT2D eigenvalue weighted by Gasteiger charge is -2.17. The number of amidine groups is 1. The van der Waals surface area contributed by atoms with Gasteiger partial charge in [0.25, 0.3) is 0 Å². The predicted molar refractivity (Wildman–Crippen MR) is 214 cm³/mol. The summed E-state index contributed by atoms with van der Waals surface area (Å²) < 4.78 is 4.43. The molecule has 0 aliphatic rings. The zero-order valence-electron chi connectivity index (χ0n) is 28.5. The summed E-state index contributed by atoms with van der Waals surface area (Å²) in [6.07, 6.45) is 0. The first-order chi connectivity index (χ1) is 25.1. The van der Waals surface area contributed by atoms with Gasteiger partial charge >= 0.3 is 0 Å². The third-order valence-electron chi connectivity index (χ3n) is 9.74. The molecule has 2 heterocycles. The van der Waals surface area contributed by atoms with E-state index in [1.54, 1.807) is 0 Å². The molecule has 1 N–H and O–H groups in total. The maximum atomic E-state index is 9.70. The summed E-state index contributed by atoms with van der Waals surface area (Å²) in [5.41, 5.74) is 10.7. The number of nitrogens with zero attached hydrogens (tertiary/aromatic N) is 4. The maximum absolute atomic E-state index is 9.70. The van der Waals surface area contributed by atoms with E-state index in [-0.39, 0.29) is 5.96 Å². The van der Waals surface area contributed by atoms with Crippen LogP contribution in [-0.2, 0) is 0 Å². The quantitative estimate of drug-likeness (QED) is 0.149. The van der Waals surface area contributed by atoms with Crippen LogP contribution in [0, 0.1) is 5.41 Å². The standard InChI is InChI=1S/C46H35N5/c1-49(2)45(33-20-10-5-11-21-33)48-46(47)51-42-25-15-13-23-38(42)40-27-26-39-37-22-12-14-24-41(37)50(43(39)44(40)51)36-29-34(31-16-6-3-7-17-31)28-35(30-36)32-18-8-4-9-19-32/h3-30,47H,1-2H3/b47-46?,48-45-. The van der Waals surface area contributed by atoms with E-state index in [4.69, 9.17) is 4.99 Å². The lowest BCUT2D eigenvalue weighted by atomic mass is 9.98. The zero-order valence-corrected chi connectivity index (χ0v) is 28.5. The highest BCUT2D eigenvalue weighted by atomic mass is 15.2. The number of hydrogen-bond donors (Lipinski definition) is 1. The lowest BCUT2D eigenvalue weighted by Crippen LogP contribution is -2.25. The molecule has 9 aromatic rings. The zero-order chi connectivity index (χ0) is 34.5. The van der Waals surface area contributed by atoms with E-state index in [1.165, 1.54) is 0 Å². The van der Waals surface area contributed by atoms with Crippen LogP contribution in [0.1, 0.15) is 5.56 Å². The van der Waals surface area contributed by atoms with Crippen molar-refractivity contribution in [2.75, 3.05) is 14.1 Å². The van der Waals surface area contributed by atoms with E-state index in [2.05, 4.69) is 138 Å². The largest absolute Gasteiger partial charge is 0.362 e. The fourth-order valence-corrected chi connectivity index (χ4v) is 7.48. The van der Waals surface area contributed by atoms with Crippen molar-refractivity contribution < 1.29 is 0 Å². The minimum atomic E-state index is 0.154. The van der Waals surface area contributed by atoms with Gasteiger partial charge in [-0.15, -0.1) is 0 Å². The van der Waals surface area contributed by atoms with E-state index in [9.17, 15) is 5.41 Å². The summed E-state index contributed by atoms with van der Waals surface area (Å²) >= 11 is 0. The third-order valence-corrected chi connectivity index (χ3v) is 9.74. The van der Waals surface area contributed by atoms with Crippen LogP contribution in [0.15, 0.2) is 175 Å². The van der Waals surface area contributed by atoms with Gasteiger partial charge in [-0.3, -0.25) is 9.98 Å². The molecule has 0 atom stereocenters. The minimum absolute atomic E-state index is 0.154. The SMILES string of the molecule is CN(C)/C(=N\C(=N)n1c2ccccc2c2ccc3c4ccccc4n(-c4cc(-c5ccccc5)cc(-c5ccccc5)c4)c3c21)c1ccccc1. The molecule has 0 aliphatic heterocycles. The number of hydrogen-bond acceptors (Lipinski definition) is 1. The van der Waals surface area contributed by atoms with Gasteiger partial charge in [0, 0.05) is 46.9 Å². The molecule has 7 aromatic carbocycles. The third kappa shape index (κ3) is 5.10. The second-order valence-electron chi connectivity index (χ2n) is 13.1. The number of nitrogens with one attached hydrogen (secondary N) is 1. The summed E-state index contributed by atoms with van der Waals surface area (Å²) in [5, 5.41) is 14.1. The van der Waals surface area contributed by atoms with Crippen molar-refractivity contribution in [1.29, 1.82) is 5.41 Å². The number of benzene rings is 7. The monoisotopic (exact) mass is 657 g/mol. The van der Waals surface area contributed by atoms with Crippen LogP contribution < -0.4 is 0 Å². The summed E-state index contributed by atoms with van der Waals surface area (Å²) in [5.74, 6) is 0.878. The highest BCUT2D eigenvalue weighted by molar-refractivity contribution is 6.26. The molecule has 0 aliphatic carbocycles. The Labute approximate surface area is 296 Å². The Morgan fingerprint density at radius 1 is 0.490 bits per heavy atom. The Kier molecular flexibility index (Phi) is 7.32. The summed E-state index contributed by atoms with van der Waals surface area (Å²) in [4.78, 5) is 7.02. The molecule has 0 saturated carbocycles. The van der Waals surface area contributed by atoms with Gasteiger partial charge in [0.15, 0.2) is 0 Å². The van der Waals surface area contributed by atoms with Gasteiger partial charge in [-0.2, -0.15) is 4.99 Å². The Bertz CT molecular complexity index is 2710. The molecular formula is C46H35N5. The van der Waals surface area contributed by atoms with Crippen molar-refractivity contribution >= 4 is 55.4 Å². The normalized spacial score (nSPS) is 11.9. The Morgan fingerprint density at radius 3 is 1.57 bits per heavy atom. The van der Waals surface area contributed by atoms with Crippen molar-refractivity contribution in [3.63, 3.8) is 0 Å². The minimum Gasteiger partial charge on any atom is -0.362 e. The van der Waals surface area contributed by atoms with E-state index >= 15 is 0 Å². The molecule has 0 saturated heterocycles. The van der Waals surface area contributed by atoms with Crippen LogP contribution in [-0.4, -0.2) is 39.9 Å². The fraction of sp³-hybridized carbons (Fsp3) is 0.0435. The first kappa shape index (κ1) is 30.3. The van der Waals surface area contributed by atoms with E-state index < -0.39 is 0 Å². The molecule has 0 amide bonds. The summed E-state index contributed by atoms with van der Waals surface area (Å²) in [6, 6.07) is 59.6. The first-order valence-electron chi connectivity index (χ1n) is 17.2. The fourth-order valence-electron chi connectivity index (χ4n) is 7.48. The number of fused-ring (bicyclic) bond motifs is 7. The van der Waals surface area contributed by atoms with Gasteiger partial charge in [-0.05, 0) is 52.6 Å². The average Bonchev–Trinajstić information content (AvgIpc) is 3.71. The molecule has 0 unspecified atom stereocenters. The van der Waals surface area contributed by atoms with Gasteiger partial charge in [-0.25, -0.2) is 0 Å². The van der Waals surface area contributed by atoms with Gasteiger partial charge in [-0.1, -0.05) is 140 Å². The number of aliphatic imine (C=N–C) groups is 1. The Balaban J connectivity index is 1.41. The van der Waals surface area contributed by atoms with Crippen molar-refractivity contribution in [3.8, 4) is 27.9 Å². The maximum Gasteiger partial charge on any atom is 0.229 e. The van der Waals surface area contributed by atoms with Crippen molar-refractivity contribution in [2.45, 2.75) is 0 Å². The van der Waals surface area contributed by atoms with Crippen LogP contribution in [0.3, 0.4) is 0 Å². The number of aromatic nitrogens is 2. The molecule has 5 heteroatoms. The number of para-hydroxylation sites is 2. The predicted octanol–water partition coefficient (Wildman–Crippen LogP) is 11.0. The first-order valence-corrected chi connectivity index (χ1v) is 17.2.